The molecule has 2 N–H and O–H groups in total. The maximum atomic E-state index is 13.8. The van der Waals surface area contributed by atoms with Crippen LogP contribution in [0.4, 0.5) is 0 Å². The van der Waals surface area contributed by atoms with Crippen molar-refractivity contribution in [3.63, 3.8) is 0 Å². The highest BCUT2D eigenvalue weighted by Crippen LogP contribution is 2.43. The van der Waals surface area contributed by atoms with Crippen molar-refractivity contribution in [2.45, 2.75) is 95.9 Å². The summed E-state index contributed by atoms with van der Waals surface area (Å²) in [5, 5.41) is 13.6. The maximum Gasteiger partial charge on any atom is 0.275 e. The van der Waals surface area contributed by atoms with Crippen LogP contribution >= 0.6 is 0 Å². The molecule has 168 valence electrons. The van der Waals surface area contributed by atoms with Crippen LogP contribution in [0.5, 0.6) is 5.75 Å². The van der Waals surface area contributed by atoms with Crippen molar-refractivity contribution in [3.8, 4) is 16.9 Å². The van der Waals surface area contributed by atoms with Gasteiger partial charge in [0.2, 0.25) is 5.43 Å². The minimum atomic E-state index is -0.867. The normalized spacial score (nSPS) is 22.6. The molecule has 3 aliphatic carbocycles. The molecule has 6 heteroatoms. The van der Waals surface area contributed by atoms with Crippen LogP contribution in [0.25, 0.3) is 11.1 Å². The molecule has 0 spiro atoms. The first kappa shape index (κ1) is 20.8. The van der Waals surface area contributed by atoms with Gasteiger partial charge < -0.3 is 5.11 Å². The van der Waals surface area contributed by atoms with E-state index >= 15 is 0 Å². The lowest BCUT2D eigenvalue weighted by molar-refractivity contribution is 0.166. The average molecular weight is 427 g/mol. The molecule has 5 rings (SSSR count). The quantitative estimate of drug-likeness (QED) is 0.678. The van der Waals surface area contributed by atoms with E-state index in [9.17, 15) is 19.5 Å². The Morgan fingerprint density at radius 3 is 1.90 bits per heavy atom. The van der Waals surface area contributed by atoms with Crippen LogP contribution in [0, 0.1) is 17.8 Å². The molecule has 6 nitrogen and oxygen atoms in total. The molecule has 0 bridgehead atoms. The SMILES string of the molecule is O=c1c(O)c(-c2c(CC3CCCC3)[nH]n(C(C3CCCCC3)C3CCCC3)c2=O)c1=O. The zero-order valence-corrected chi connectivity index (χ0v) is 18.3. The fraction of sp³-hybridized carbons (Fsp3) is 0.720. The van der Waals surface area contributed by atoms with Gasteiger partial charge in [0.1, 0.15) is 0 Å². The number of nitrogens with zero attached hydrogens (tertiary/aromatic N) is 1. The molecule has 31 heavy (non-hydrogen) atoms. The van der Waals surface area contributed by atoms with Crippen molar-refractivity contribution in [2.75, 3.05) is 0 Å². The summed E-state index contributed by atoms with van der Waals surface area (Å²) in [6.07, 6.45) is 16.0. The summed E-state index contributed by atoms with van der Waals surface area (Å²) < 4.78 is 1.82. The smallest absolute Gasteiger partial charge is 0.275 e. The van der Waals surface area contributed by atoms with Gasteiger partial charge in [-0.05, 0) is 49.9 Å². The first-order valence-corrected chi connectivity index (χ1v) is 12.4. The number of nitrogens with one attached hydrogen (secondary N) is 1. The lowest BCUT2D eigenvalue weighted by atomic mass is 9.78. The standard InChI is InChI=1S/C25H34N2O4/c28-22-20(23(29)24(22)30)19-18(14-15-8-4-5-9-15)26-27(25(19)31)21(17-12-6-7-13-17)16-10-2-1-3-11-16/h15-17,21,26,28H,1-14H2. The zero-order valence-electron chi connectivity index (χ0n) is 18.3. The van der Waals surface area contributed by atoms with Crippen molar-refractivity contribution >= 4 is 0 Å². The fourth-order valence-corrected chi connectivity index (χ4v) is 6.81. The molecule has 0 radical (unpaired) electrons. The molecule has 2 aromatic rings. The summed E-state index contributed by atoms with van der Waals surface area (Å²) in [5.41, 5.74) is -0.826. The van der Waals surface area contributed by atoms with Crippen molar-refractivity contribution in [1.29, 1.82) is 0 Å². The number of hydrogen-bond donors (Lipinski definition) is 2. The molecule has 0 aliphatic heterocycles. The molecule has 1 aromatic heterocycles. The maximum absolute atomic E-state index is 13.8. The summed E-state index contributed by atoms with van der Waals surface area (Å²) in [5.74, 6) is 0.907. The minimum absolute atomic E-state index is 0.0492. The number of hydrogen-bond acceptors (Lipinski definition) is 4. The Morgan fingerprint density at radius 2 is 1.32 bits per heavy atom. The lowest BCUT2D eigenvalue weighted by Gasteiger charge is -2.34. The van der Waals surface area contributed by atoms with Crippen LogP contribution in [-0.2, 0) is 6.42 Å². The van der Waals surface area contributed by atoms with Crippen LogP contribution in [0.15, 0.2) is 14.4 Å². The second-order valence-electron chi connectivity index (χ2n) is 10.3. The van der Waals surface area contributed by atoms with Gasteiger partial charge in [0.05, 0.1) is 17.2 Å². The van der Waals surface area contributed by atoms with Crippen LogP contribution in [0.1, 0.15) is 95.2 Å². The Hall–Kier alpha value is -2.11. The Balaban J connectivity index is 1.61. The third-order valence-electron chi connectivity index (χ3n) is 8.41. The molecular weight excluding hydrogens is 392 g/mol. The van der Waals surface area contributed by atoms with Crippen LogP contribution in [-0.4, -0.2) is 14.9 Å². The highest BCUT2D eigenvalue weighted by atomic mass is 16.3. The van der Waals surface area contributed by atoms with E-state index in [2.05, 4.69) is 5.10 Å². The molecule has 0 saturated heterocycles. The molecule has 3 aliphatic rings. The van der Waals surface area contributed by atoms with Crippen molar-refractivity contribution in [2.24, 2.45) is 17.8 Å². The highest BCUT2D eigenvalue weighted by Gasteiger charge is 2.38. The van der Waals surface area contributed by atoms with Gasteiger partial charge in [-0.3, -0.25) is 19.5 Å². The predicted octanol–water partition coefficient (Wildman–Crippen LogP) is 4.19. The Labute approximate surface area is 182 Å². The van der Waals surface area contributed by atoms with Crippen molar-refractivity contribution in [3.05, 3.63) is 36.5 Å². The summed E-state index contributed by atoms with van der Waals surface area (Å²) in [7, 11) is 0. The molecule has 0 amide bonds. The van der Waals surface area contributed by atoms with Gasteiger partial charge in [-0.25, -0.2) is 4.68 Å². The summed E-state index contributed by atoms with van der Waals surface area (Å²) >= 11 is 0. The first-order valence-electron chi connectivity index (χ1n) is 12.4. The van der Waals surface area contributed by atoms with Gasteiger partial charge in [-0.15, -0.1) is 0 Å². The summed E-state index contributed by atoms with van der Waals surface area (Å²) in [4.78, 5) is 37.8. The number of aromatic hydroxyl groups is 1. The van der Waals surface area contributed by atoms with Crippen LogP contribution < -0.4 is 16.4 Å². The average Bonchev–Trinajstić information content (AvgIpc) is 3.55. The van der Waals surface area contributed by atoms with Crippen LogP contribution in [0.3, 0.4) is 0 Å². The number of aromatic nitrogens is 2. The van der Waals surface area contributed by atoms with Gasteiger partial charge in [0, 0.05) is 5.69 Å². The van der Waals surface area contributed by atoms with E-state index in [0.29, 0.717) is 24.2 Å². The van der Waals surface area contributed by atoms with Gasteiger partial charge in [-0.2, -0.15) is 0 Å². The minimum Gasteiger partial charge on any atom is -0.503 e. The Morgan fingerprint density at radius 1 is 0.774 bits per heavy atom. The number of aromatic amines is 1. The van der Waals surface area contributed by atoms with E-state index in [1.807, 2.05) is 4.68 Å². The molecule has 3 saturated carbocycles. The van der Waals surface area contributed by atoms with Crippen molar-refractivity contribution in [1.82, 2.24) is 9.78 Å². The third-order valence-corrected chi connectivity index (χ3v) is 8.41. The van der Waals surface area contributed by atoms with Crippen LogP contribution in [0.2, 0.25) is 0 Å². The number of rotatable bonds is 6. The Bertz CT molecular complexity index is 1050. The molecular formula is C25H34N2O4. The van der Waals surface area contributed by atoms with Gasteiger partial charge in [0.15, 0.2) is 5.75 Å². The van der Waals surface area contributed by atoms with Gasteiger partial charge in [0.25, 0.3) is 11.0 Å². The molecule has 1 unspecified atom stereocenters. The molecule has 3 fully saturated rings. The monoisotopic (exact) mass is 426 g/mol. The predicted molar refractivity (Wildman–Crippen MR) is 120 cm³/mol. The van der Waals surface area contributed by atoms with Gasteiger partial charge in [-0.1, -0.05) is 57.8 Å². The molecule has 1 heterocycles. The van der Waals surface area contributed by atoms with E-state index in [1.165, 1.54) is 44.9 Å². The highest BCUT2D eigenvalue weighted by molar-refractivity contribution is 5.74. The zero-order chi connectivity index (χ0) is 21.5. The lowest BCUT2D eigenvalue weighted by Crippen LogP contribution is -2.36. The van der Waals surface area contributed by atoms with Crippen molar-refractivity contribution < 1.29 is 5.11 Å². The van der Waals surface area contributed by atoms with E-state index < -0.39 is 16.6 Å². The van der Waals surface area contributed by atoms with Gasteiger partial charge >= 0.3 is 0 Å². The topological polar surface area (TPSA) is 92.2 Å². The van der Waals surface area contributed by atoms with E-state index in [4.69, 9.17) is 0 Å². The van der Waals surface area contributed by atoms with E-state index in [0.717, 1.165) is 44.2 Å². The largest absolute Gasteiger partial charge is 0.503 e. The molecule has 1 atom stereocenters. The second-order valence-corrected chi connectivity index (χ2v) is 10.3. The fourth-order valence-electron chi connectivity index (χ4n) is 6.81. The second kappa shape index (κ2) is 8.44. The summed E-state index contributed by atoms with van der Waals surface area (Å²) in [6.45, 7) is 0. The Kier molecular flexibility index (Phi) is 5.65. The summed E-state index contributed by atoms with van der Waals surface area (Å²) in [6, 6.07) is 0.125. The first-order chi connectivity index (χ1) is 15.1. The number of H-pyrrole nitrogens is 1. The molecule has 1 aromatic carbocycles. The van der Waals surface area contributed by atoms with E-state index in [-0.39, 0.29) is 22.7 Å². The van der Waals surface area contributed by atoms with E-state index in [1.54, 1.807) is 0 Å². The third kappa shape index (κ3) is 3.62.